The molecule has 0 saturated carbocycles. The second kappa shape index (κ2) is 7.61. The third-order valence-corrected chi connectivity index (χ3v) is 5.03. The Morgan fingerprint density at radius 3 is 2.61 bits per heavy atom. The summed E-state index contributed by atoms with van der Waals surface area (Å²) in [5.41, 5.74) is 7.16. The lowest BCUT2D eigenvalue weighted by molar-refractivity contribution is 0.0883. The Morgan fingerprint density at radius 2 is 2.09 bits per heavy atom. The average Bonchev–Trinajstić information content (AvgIpc) is 3.06. The van der Waals surface area contributed by atoms with Crippen LogP contribution in [0.15, 0.2) is 35.7 Å². The van der Waals surface area contributed by atoms with Crippen molar-refractivity contribution in [1.82, 2.24) is 20.5 Å². The van der Waals surface area contributed by atoms with Crippen molar-refractivity contribution in [2.45, 2.75) is 37.2 Å². The molecule has 0 spiro atoms. The van der Waals surface area contributed by atoms with Crippen molar-refractivity contribution in [3.8, 4) is 0 Å². The molecular weight excluding hydrogens is 310 g/mol. The average molecular weight is 333 g/mol. The molecule has 7 heteroatoms. The molecule has 2 aromatic rings. The number of carbonyl (C=O) groups excluding carboxylic acids is 1. The summed E-state index contributed by atoms with van der Waals surface area (Å²) in [5.74, 6) is 0.930. The van der Waals surface area contributed by atoms with E-state index in [1.165, 1.54) is 6.33 Å². The van der Waals surface area contributed by atoms with Crippen LogP contribution >= 0.6 is 11.8 Å². The van der Waals surface area contributed by atoms with E-state index < -0.39 is 5.54 Å². The maximum Gasteiger partial charge on any atom is 0.251 e. The summed E-state index contributed by atoms with van der Waals surface area (Å²) in [6.07, 6.45) is 1.49. The molecule has 0 saturated heterocycles. The van der Waals surface area contributed by atoms with Crippen LogP contribution in [0.25, 0.3) is 0 Å². The Labute approximate surface area is 140 Å². The van der Waals surface area contributed by atoms with Crippen LogP contribution in [0.2, 0.25) is 0 Å². The molecular formula is C16H23N5OS. The van der Waals surface area contributed by atoms with Crippen LogP contribution in [0.1, 0.15) is 36.7 Å². The Balaban J connectivity index is 1.97. The topological polar surface area (TPSA) is 96.7 Å². The van der Waals surface area contributed by atoms with Crippen molar-refractivity contribution in [3.05, 3.63) is 41.7 Å². The zero-order valence-electron chi connectivity index (χ0n) is 13.7. The summed E-state index contributed by atoms with van der Waals surface area (Å²) < 4.78 is 0. The second-order valence-corrected chi connectivity index (χ2v) is 6.97. The maximum atomic E-state index is 12.4. The van der Waals surface area contributed by atoms with Gasteiger partial charge >= 0.3 is 0 Å². The molecule has 23 heavy (non-hydrogen) atoms. The summed E-state index contributed by atoms with van der Waals surface area (Å²) in [7, 11) is 0. The number of nitrogens with zero attached hydrogens (tertiary/aromatic N) is 2. The van der Waals surface area contributed by atoms with E-state index in [2.05, 4.69) is 34.3 Å². The van der Waals surface area contributed by atoms with Gasteiger partial charge in [0.05, 0.1) is 5.54 Å². The number of aromatic amines is 1. The van der Waals surface area contributed by atoms with Gasteiger partial charge in [0.25, 0.3) is 5.91 Å². The normalized spacial score (nSPS) is 13.8. The fraction of sp³-hybridized carbons (Fsp3) is 0.438. The first-order valence-corrected chi connectivity index (χ1v) is 8.53. The highest BCUT2D eigenvalue weighted by atomic mass is 32.2. The van der Waals surface area contributed by atoms with E-state index in [1.54, 1.807) is 11.8 Å². The number of nitrogens with two attached hydrogens (primary N) is 1. The van der Waals surface area contributed by atoms with Crippen molar-refractivity contribution in [2.24, 2.45) is 11.7 Å². The summed E-state index contributed by atoms with van der Waals surface area (Å²) in [5, 5.41) is 10.4. The molecule has 1 amide bonds. The number of thioether (sulfide) groups is 1. The maximum absolute atomic E-state index is 12.4. The number of nitrogens with one attached hydrogen (secondary N) is 2. The first-order valence-electron chi connectivity index (χ1n) is 7.54. The number of aromatic nitrogens is 3. The van der Waals surface area contributed by atoms with Gasteiger partial charge < -0.3 is 11.1 Å². The summed E-state index contributed by atoms with van der Waals surface area (Å²) in [6, 6.07) is 7.58. The third-order valence-electron chi connectivity index (χ3n) is 4.08. The predicted octanol–water partition coefficient (Wildman–Crippen LogP) is 2.20. The van der Waals surface area contributed by atoms with Crippen LogP contribution in [0.3, 0.4) is 0 Å². The number of amides is 1. The first kappa shape index (κ1) is 17.5. The third kappa shape index (κ3) is 4.56. The smallest absolute Gasteiger partial charge is 0.251 e. The molecule has 1 atom stereocenters. The number of H-pyrrole nitrogens is 1. The van der Waals surface area contributed by atoms with Crippen LogP contribution < -0.4 is 11.1 Å². The van der Waals surface area contributed by atoms with Crippen LogP contribution in [0.4, 0.5) is 0 Å². The number of rotatable bonds is 7. The Bertz CT molecular complexity index is 626. The monoisotopic (exact) mass is 333 g/mol. The number of hydrogen-bond donors (Lipinski definition) is 3. The molecule has 0 fully saturated rings. The molecule has 0 radical (unpaired) electrons. The van der Waals surface area contributed by atoms with Gasteiger partial charge in [0, 0.05) is 17.9 Å². The quantitative estimate of drug-likeness (QED) is 0.675. The van der Waals surface area contributed by atoms with E-state index in [0.29, 0.717) is 12.1 Å². The van der Waals surface area contributed by atoms with E-state index in [0.717, 1.165) is 16.5 Å². The molecule has 124 valence electrons. The predicted molar refractivity (Wildman–Crippen MR) is 92.1 cm³/mol. The molecule has 0 aliphatic carbocycles. The van der Waals surface area contributed by atoms with Crippen molar-refractivity contribution < 1.29 is 4.79 Å². The molecule has 1 unspecified atom stereocenters. The van der Waals surface area contributed by atoms with Crippen molar-refractivity contribution in [1.29, 1.82) is 0 Å². The van der Waals surface area contributed by atoms with Crippen LogP contribution in [0.5, 0.6) is 0 Å². The van der Waals surface area contributed by atoms with E-state index in [-0.39, 0.29) is 11.8 Å². The van der Waals surface area contributed by atoms with Crippen molar-refractivity contribution >= 4 is 17.7 Å². The van der Waals surface area contributed by atoms with Crippen LogP contribution in [0, 0.1) is 5.92 Å². The molecule has 6 nitrogen and oxygen atoms in total. The van der Waals surface area contributed by atoms with Crippen molar-refractivity contribution in [3.63, 3.8) is 0 Å². The van der Waals surface area contributed by atoms with Crippen molar-refractivity contribution in [2.75, 3.05) is 6.54 Å². The largest absolute Gasteiger partial charge is 0.345 e. The van der Waals surface area contributed by atoms with Gasteiger partial charge in [0.15, 0.2) is 5.16 Å². The molecule has 4 N–H and O–H groups in total. The van der Waals surface area contributed by atoms with Gasteiger partial charge in [-0.15, -0.1) is 0 Å². The van der Waals surface area contributed by atoms with Gasteiger partial charge in [-0.2, -0.15) is 5.10 Å². The van der Waals surface area contributed by atoms with Gasteiger partial charge in [-0.25, -0.2) is 4.98 Å². The fourth-order valence-electron chi connectivity index (χ4n) is 1.93. The molecule has 2 rings (SSSR count). The number of carbonyl (C=O) groups is 1. The van der Waals surface area contributed by atoms with Gasteiger partial charge in [-0.3, -0.25) is 9.89 Å². The van der Waals surface area contributed by atoms with E-state index in [9.17, 15) is 4.79 Å². The Morgan fingerprint density at radius 1 is 1.39 bits per heavy atom. The van der Waals surface area contributed by atoms with Gasteiger partial charge in [0.2, 0.25) is 0 Å². The van der Waals surface area contributed by atoms with E-state index >= 15 is 0 Å². The SMILES string of the molecule is CC(C)C(C)(CN)NC(=O)c1ccc(CSc2ncn[nH]2)cc1. The van der Waals surface area contributed by atoms with Gasteiger partial charge in [-0.1, -0.05) is 37.7 Å². The first-order chi connectivity index (χ1) is 10.9. The molecule has 1 aromatic carbocycles. The standard InChI is InChI=1S/C16H23N5OS/c1-11(2)16(3,9-17)20-14(22)13-6-4-12(5-7-13)8-23-15-18-10-19-21-15/h4-7,10-11H,8-9,17H2,1-3H3,(H,20,22)(H,18,19,21). The minimum atomic E-state index is -0.405. The minimum Gasteiger partial charge on any atom is -0.345 e. The van der Waals surface area contributed by atoms with Crippen LogP contribution in [-0.2, 0) is 5.75 Å². The summed E-state index contributed by atoms with van der Waals surface area (Å²) in [4.78, 5) is 16.4. The fourth-order valence-corrected chi connectivity index (χ4v) is 2.67. The lowest BCUT2D eigenvalue weighted by atomic mass is 9.88. The highest BCUT2D eigenvalue weighted by molar-refractivity contribution is 7.98. The van der Waals surface area contributed by atoms with E-state index in [4.69, 9.17) is 5.73 Å². The Kier molecular flexibility index (Phi) is 5.79. The highest BCUT2D eigenvalue weighted by Crippen LogP contribution is 2.19. The van der Waals surface area contributed by atoms with Gasteiger partial charge in [-0.05, 0) is 30.5 Å². The second-order valence-electron chi connectivity index (χ2n) is 6.01. The summed E-state index contributed by atoms with van der Waals surface area (Å²) >= 11 is 1.57. The lowest BCUT2D eigenvalue weighted by Crippen LogP contribution is -2.55. The minimum absolute atomic E-state index is 0.0962. The molecule has 0 bridgehead atoms. The number of hydrogen-bond acceptors (Lipinski definition) is 5. The van der Waals surface area contributed by atoms with Gasteiger partial charge in [0.1, 0.15) is 6.33 Å². The molecule has 0 aliphatic rings. The highest BCUT2D eigenvalue weighted by Gasteiger charge is 2.28. The summed E-state index contributed by atoms with van der Waals surface area (Å²) in [6.45, 7) is 6.48. The number of benzene rings is 1. The van der Waals surface area contributed by atoms with E-state index in [1.807, 2.05) is 31.2 Å². The lowest BCUT2D eigenvalue weighted by Gasteiger charge is -2.33. The van der Waals surface area contributed by atoms with Crippen LogP contribution in [-0.4, -0.2) is 33.2 Å². The Hall–Kier alpha value is -1.86. The zero-order chi connectivity index (χ0) is 16.9. The molecule has 1 heterocycles. The zero-order valence-corrected chi connectivity index (χ0v) is 14.5. The molecule has 0 aliphatic heterocycles. The molecule has 1 aromatic heterocycles.